The zero-order valence-electron chi connectivity index (χ0n) is 10.5. The third-order valence-corrected chi connectivity index (χ3v) is 3.70. The van der Waals surface area contributed by atoms with Crippen molar-refractivity contribution in [3.8, 4) is 0 Å². The van der Waals surface area contributed by atoms with Crippen LogP contribution in [0.1, 0.15) is 32.1 Å². The van der Waals surface area contributed by atoms with Gasteiger partial charge in [-0.15, -0.1) is 11.3 Å². The molecule has 92 valence electrons. The Bertz CT molecular complexity index is 282. The second kappa shape index (κ2) is 6.38. The summed E-state index contributed by atoms with van der Waals surface area (Å²) in [5.41, 5.74) is 0.179. The van der Waals surface area contributed by atoms with Crippen LogP contribution in [0.4, 0.5) is 0 Å². The summed E-state index contributed by atoms with van der Waals surface area (Å²) < 4.78 is 0. The highest BCUT2D eigenvalue weighted by molar-refractivity contribution is 7.09. The van der Waals surface area contributed by atoms with Gasteiger partial charge in [0.1, 0.15) is 0 Å². The molecule has 2 nitrogen and oxygen atoms in total. The molecule has 0 saturated heterocycles. The van der Waals surface area contributed by atoms with Crippen molar-refractivity contribution in [1.82, 2.24) is 5.32 Å². The molecule has 1 heterocycles. The van der Waals surface area contributed by atoms with Crippen LogP contribution in [-0.4, -0.2) is 24.3 Å². The molecule has 0 aliphatic rings. The smallest absolute Gasteiger partial charge is 0.0436 e. The fourth-order valence-electron chi connectivity index (χ4n) is 1.64. The number of thiophene rings is 1. The fourth-order valence-corrected chi connectivity index (χ4v) is 2.48. The van der Waals surface area contributed by atoms with Gasteiger partial charge >= 0.3 is 0 Å². The van der Waals surface area contributed by atoms with Crippen molar-refractivity contribution in [2.45, 2.75) is 39.7 Å². The normalized spacial score (nSPS) is 14.0. The van der Waals surface area contributed by atoms with Crippen molar-refractivity contribution in [1.29, 1.82) is 0 Å². The van der Waals surface area contributed by atoms with Crippen molar-refractivity contribution >= 4 is 11.3 Å². The first kappa shape index (κ1) is 13.7. The number of nitrogens with one attached hydrogen (secondary N) is 1. The quantitative estimate of drug-likeness (QED) is 0.769. The van der Waals surface area contributed by atoms with Gasteiger partial charge in [-0.05, 0) is 36.6 Å². The van der Waals surface area contributed by atoms with Crippen LogP contribution in [0.25, 0.3) is 0 Å². The average Bonchev–Trinajstić information content (AvgIpc) is 2.68. The molecule has 0 amide bonds. The van der Waals surface area contributed by atoms with Gasteiger partial charge in [0.25, 0.3) is 0 Å². The van der Waals surface area contributed by atoms with E-state index in [1.165, 1.54) is 4.88 Å². The Hall–Kier alpha value is -0.380. The van der Waals surface area contributed by atoms with Crippen LogP contribution in [-0.2, 0) is 6.42 Å². The Morgan fingerprint density at radius 3 is 2.81 bits per heavy atom. The molecule has 1 rings (SSSR count). The minimum Gasteiger partial charge on any atom is -0.396 e. The van der Waals surface area contributed by atoms with Gasteiger partial charge in [-0.2, -0.15) is 0 Å². The zero-order chi connectivity index (χ0) is 12.0. The van der Waals surface area contributed by atoms with Crippen molar-refractivity contribution in [2.75, 3.05) is 13.2 Å². The maximum absolute atomic E-state index is 8.95. The van der Waals surface area contributed by atoms with E-state index in [9.17, 15) is 0 Å². The third kappa shape index (κ3) is 5.10. The predicted octanol–water partition coefficient (Wildman–Crippen LogP) is 2.68. The SMILES string of the molecule is CC(Cc1cccs1)NCC(C)(C)CCO. The minimum atomic E-state index is 0.179. The summed E-state index contributed by atoms with van der Waals surface area (Å²) in [4.78, 5) is 1.43. The molecule has 0 aliphatic heterocycles. The first-order chi connectivity index (χ1) is 7.53. The van der Waals surface area contributed by atoms with Gasteiger partial charge in [-0.25, -0.2) is 0 Å². The molecule has 0 spiro atoms. The summed E-state index contributed by atoms with van der Waals surface area (Å²) in [7, 11) is 0. The maximum Gasteiger partial charge on any atom is 0.0436 e. The molecule has 3 heteroatoms. The molecule has 0 aromatic carbocycles. The van der Waals surface area contributed by atoms with Crippen molar-refractivity contribution in [3.63, 3.8) is 0 Å². The predicted molar refractivity (Wildman–Crippen MR) is 71.0 cm³/mol. The lowest BCUT2D eigenvalue weighted by molar-refractivity contribution is 0.203. The number of aliphatic hydroxyl groups excluding tert-OH is 1. The van der Waals surface area contributed by atoms with Crippen LogP contribution in [0.2, 0.25) is 0 Å². The molecule has 2 N–H and O–H groups in total. The first-order valence-corrected chi connectivity index (χ1v) is 6.78. The molecule has 0 radical (unpaired) electrons. The lowest BCUT2D eigenvalue weighted by Gasteiger charge is -2.26. The molecular formula is C13H23NOS. The van der Waals surface area contributed by atoms with Crippen LogP contribution in [0, 0.1) is 5.41 Å². The van der Waals surface area contributed by atoms with Gasteiger partial charge in [0.15, 0.2) is 0 Å². The van der Waals surface area contributed by atoms with Gasteiger partial charge in [0, 0.05) is 24.1 Å². The van der Waals surface area contributed by atoms with Crippen LogP contribution in [0.15, 0.2) is 17.5 Å². The van der Waals surface area contributed by atoms with E-state index in [0.717, 1.165) is 19.4 Å². The highest BCUT2D eigenvalue weighted by Crippen LogP contribution is 2.19. The summed E-state index contributed by atoms with van der Waals surface area (Å²) >= 11 is 1.81. The molecular weight excluding hydrogens is 218 g/mol. The van der Waals surface area contributed by atoms with E-state index in [-0.39, 0.29) is 12.0 Å². The van der Waals surface area contributed by atoms with E-state index in [0.29, 0.717) is 6.04 Å². The summed E-state index contributed by atoms with van der Waals surface area (Å²) in [6.45, 7) is 7.82. The molecule has 0 bridgehead atoms. The van der Waals surface area contributed by atoms with Gasteiger partial charge in [0.05, 0.1) is 0 Å². The highest BCUT2D eigenvalue weighted by Gasteiger charge is 2.17. The van der Waals surface area contributed by atoms with E-state index >= 15 is 0 Å². The lowest BCUT2D eigenvalue weighted by Crippen LogP contribution is -2.36. The number of hydrogen-bond donors (Lipinski definition) is 2. The van der Waals surface area contributed by atoms with Crippen LogP contribution < -0.4 is 5.32 Å². The Morgan fingerprint density at radius 1 is 1.50 bits per heavy atom. The van der Waals surface area contributed by atoms with E-state index in [1.807, 2.05) is 11.3 Å². The Morgan fingerprint density at radius 2 is 2.25 bits per heavy atom. The fraction of sp³-hybridized carbons (Fsp3) is 0.692. The van der Waals surface area contributed by atoms with Gasteiger partial charge < -0.3 is 10.4 Å². The zero-order valence-corrected chi connectivity index (χ0v) is 11.3. The van der Waals surface area contributed by atoms with Crippen LogP contribution in [0.3, 0.4) is 0 Å². The molecule has 1 aromatic rings. The van der Waals surface area contributed by atoms with Gasteiger partial charge in [-0.3, -0.25) is 0 Å². The van der Waals surface area contributed by atoms with E-state index in [1.54, 1.807) is 0 Å². The first-order valence-electron chi connectivity index (χ1n) is 5.90. The highest BCUT2D eigenvalue weighted by atomic mass is 32.1. The molecule has 0 saturated carbocycles. The van der Waals surface area contributed by atoms with E-state index in [2.05, 4.69) is 43.6 Å². The molecule has 16 heavy (non-hydrogen) atoms. The number of hydrogen-bond acceptors (Lipinski definition) is 3. The van der Waals surface area contributed by atoms with E-state index < -0.39 is 0 Å². The minimum absolute atomic E-state index is 0.179. The van der Waals surface area contributed by atoms with Gasteiger partial charge in [0.2, 0.25) is 0 Å². The van der Waals surface area contributed by atoms with Crippen molar-refractivity contribution in [3.05, 3.63) is 22.4 Å². The van der Waals surface area contributed by atoms with Gasteiger partial charge in [-0.1, -0.05) is 19.9 Å². The molecule has 0 fully saturated rings. The molecule has 1 unspecified atom stereocenters. The molecule has 1 atom stereocenters. The monoisotopic (exact) mass is 241 g/mol. The average molecular weight is 241 g/mol. The lowest BCUT2D eigenvalue weighted by atomic mass is 9.89. The Labute approximate surface area is 103 Å². The van der Waals surface area contributed by atoms with Crippen LogP contribution >= 0.6 is 11.3 Å². The Balaban J connectivity index is 2.27. The summed E-state index contributed by atoms with van der Waals surface area (Å²) in [6.07, 6.45) is 1.94. The van der Waals surface area contributed by atoms with Crippen molar-refractivity contribution < 1.29 is 5.11 Å². The number of rotatable bonds is 7. The largest absolute Gasteiger partial charge is 0.396 e. The topological polar surface area (TPSA) is 32.3 Å². The van der Waals surface area contributed by atoms with Crippen molar-refractivity contribution in [2.24, 2.45) is 5.41 Å². The summed E-state index contributed by atoms with van der Waals surface area (Å²) in [5.74, 6) is 0. The van der Waals surface area contributed by atoms with E-state index in [4.69, 9.17) is 5.11 Å². The molecule has 1 aromatic heterocycles. The second-order valence-corrected chi connectivity index (χ2v) is 6.24. The maximum atomic E-state index is 8.95. The number of aliphatic hydroxyl groups is 1. The summed E-state index contributed by atoms with van der Waals surface area (Å²) in [5, 5.41) is 14.6. The standard InChI is InChI=1S/C13H23NOS/c1-11(9-12-5-4-8-16-12)14-10-13(2,3)6-7-15/h4-5,8,11,14-15H,6-7,9-10H2,1-3H3. The van der Waals surface area contributed by atoms with Crippen LogP contribution in [0.5, 0.6) is 0 Å². The Kier molecular flexibility index (Phi) is 5.46. The summed E-state index contributed by atoms with van der Waals surface area (Å²) in [6, 6.07) is 4.78. The molecule has 0 aliphatic carbocycles. The second-order valence-electron chi connectivity index (χ2n) is 5.20. The third-order valence-electron chi connectivity index (χ3n) is 2.81.